The average Bonchev–Trinajstić information content (AvgIpc) is 2.52. The van der Waals surface area contributed by atoms with Crippen LogP contribution in [0.5, 0.6) is 5.75 Å². The van der Waals surface area contributed by atoms with E-state index in [1.165, 1.54) is 35.2 Å². The van der Waals surface area contributed by atoms with E-state index in [1.807, 2.05) is 0 Å². The van der Waals surface area contributed by atoms with Crippen LogP contribution in [0.15, 0.2) is 42.5 Å². The third-order valence-corrected chi connectivity index (χ3v) is 3.74. The lowest BCUT2D eigenvalue weighted by Crippen LogP contribution is -2.28. The third-order valence-electron chi connectivity index (χ3n) is 3.38. The van der Waals surface area contributed by atoms with Crippen LogP contribution in [0, 0.1) is 5.82 Å². The molecule has 2 rings (SSSR count). The summed E-state index contributed by atoms with van der Waals surface area (Å²) in [7, 11) is 1.57. The van der Waals surface area contributed by atoms with Crippen molar-refractivity contribution in [1.29, 1.82) is 0 Å². The van der Waals surface area contributed by atoms with Crippen LogP contribution in [-0.2, 0) is 17.8 Å². The summed E-state index contributed by atoms with van der Waals surface area (Å²) in [6, 6.07) is 10.2. The number of benzene rings is 2. The van der Waals surface area contributed by atoms with Crippen molar-refractivity contribution >= 4 is 17.5 Å². The number of carbonyl (C=O) groups is 1. The predicted molar refractivity (Wildman–Crippen MR) is 84.7 cm³/mol. The highest BCUT2D eigenvalue weighted by Crippen LogP contribution is 2.21. The van der Waals surface area contributed by atoms with Gasteiger partial charge in [-0.2, -0.15) is 8.78 Å². The van der Waals surface area contributed by atoms with Gasteiger partial charge >= 0.3 is 6.61 Å². The van der Waals surface area contributed by atoms with Crippen LogP contribution in [0.1, 0.15) is 11.1 Å². The van der Waals surface area contributed by atoms with E-state index >= 15 is 0 Å². The molecule has 0 radical (unpaired) electrons. The summed E-state index contributed by atoms with van der Waals surface area (Å²) < 4.78 is 42.2. The second-order valence-electron chi connectivity index (χ2n) is 5.15. The lowest BCUT2D eigenvalue weighted by atomic mass is 10.1. The zero-order chi connectivity index (χ0) is 17.7. The molecule has 0 aliphatic heterocycles. The van der Waals surface area contributed by atoms with Crippen LogP contribution in [0.25, 0.3) is 0 Å². The molecular weight excluding hydrogens is 343 g/mol. The van der Waals surface area contributed by atoms with Gasteiger partial charge in [0.1, 0.15) is 11.6 Å². The van der Waals surface area contributed by atoms with Gasteiger partial charge in [0.2, 0.25) is 5.91 Å². The van der Waals surface area contributed by atoms with Gasteiger partial charge in [0.25, 0.3) is 0 Å². The monoisotopic (exact) mass is 357 g/mol. The normalized spacial score (nSPS) is 10.8. The molecule has 0 spiro atoms. The standard InChI is InChI=1S/C17H15ClF3NO2/c1-22(10-11-5-7-12(8-6-11)24-17(20)21)16(23)9-13-14(18)3-2-4-15(13)19/h2-8,17H,9-10H2,1H3. The topological polar surface area (TPSA) is 29.5 Å². The first kappa shape index (κ1) is 18.1. The fourth-order valence-electron chi connectivity index (χ4n) is 2.13. The van der Waals surface area contributed by atoms with E-state index in [0.717, 1.165) is 5.56 Å². The summed E-state index contributed by atoms with van der Waals surface area (Å²) in [4.78, 5) is 13.6. The Morgan fingerprint density at radius 2 is 1.88 bits per heavy atom. The maximum Gasteiger partial charge on any atom is 0.387 e. The minimum Gasteiger partial charge on any atom is -0.435 e. The first-order valence-corrected chi connectivity index (χ1v) is 7.45. The SMILES string of the molecule is CN(Cc1ccc(OC(F)F)cc1)C(=O)Cc1c(F)cccc1Cl. The van der Waals surface area contributed by atoms with E-state index in [1.54, 1.807) is 19.2 Å². The number of rotatable bonds is 6. The zero-order valence-corrected chi connectivity index (χ0v) is 13.6. The van der Waals surface area contributed by atoms with Crippen LogP contribution < -0.4 is 4.74 Å². The van der Waals surface area contributed by atoms with E-state index in [4.69, 9.17) is 11.6 Å². The summed E-state index contributed by atoms with van der Waals surface area (Å²) >= 11 is 5.91. The van der Waals surface area contributed by atoms with E-state index in [2.05, 4.69) is 4.74 Å². The van der Waals surface area contributed by atoms with Crippen molar-refractivity contribution in [3.05, 3.63) is 64.4 Å². The molecule has 0 aliphatic rings. The quantitative estimate of drug-likeness (QED) is 0.772. The molecule has 0 heterocycles. The molecule has 0 aliphatic carbocycles. The Balaban J connectivity index is 1.98. The highest BCUT2D eigenvalue weighted by molar-refractivity contribution is 6.31. The number of ether oxygens (including phenoxy) is 1. The fraction of sp³-hybridized carbons (Fsp3) is 0.235. The number of amides is 1. The molecule has 24 heavy (non-hydrogen) atoms. The summed E-state index contributed by atoms with van der Waals surface area (Å²) in [6.07, 6.45) is -0.158. The highest BCUT2D eigenvalue weighted by Gasteiger charge is 2.15. The second kappa shape index (κ2) is 8.06. The summed E-state index contributed by atoms with van der Waals surface area (Å²) in [5.74, 6) is -0.798. The third kappa shape index (κ3) is 4.89. The molecule has 0 saturated heterocycles. The number of likely N-dealkylation sites (N-methyl/N-ethyl adjacent to an activating group) is 1. The average molecular weight is 358 g/mol. The minimum absolute atomic E-state index is 0.0425. The van der Waals surface area contributed by atoms with Crippen molar-refractivity contribution in [2.45, 2.75) is 19.6 Å². The predicted octanol–water partition coefficient (Wildman–Crippen LogP) is 4.28. The van der Waals surface area contributed by atoms with Crippen molar-refractivity contribution in [3.63, 3.8) is 0 Å². The van der Waals surface area contributed by atoms with E-state index in [0.29, 0.717) is 0 Å². The Morgan fingerprint density at radius 1 is 1.21 bits per heavy atom. The molecule has 0 bridgehead atoms. The maximum absolute atomic E-state index is 13.7. The molecule has 0 atom stereocenters. The van der Waals surface area contributed by atoms with Gasteiger partial charge in [0.05, 0.1) is 6.42 Å². The lowest BCUT2D eigenvalue weighted by molar-refractivity contribution is -0.129. The highest BCUT2D eigenvalue weighted by atomic mass is 35.5. The smallest absolute Gasteiger partial charge is 0.387 e. The van der Waals surface area contributed by atoms with Gasteiger partial charge in [0.15, 0.2) is 0 Å². The molecule has 2 aromatic rings. The van der Waals surface area contributed by atoms with E-state index < -0.39 is 12.4 Å². The number of alkyl halides is 2. The molecule has 0 fully saturated rings. The van der Waals surface area contributed by atoms with Crippen LogP contribution in [0.4, 0.5) is 13.2 Å². The summed E-state index contributed by atoms with van der Waals surface area (Å²) in [6.45, 7) is -2.63. The van der Waals surface area contributed by atoms with Gasteiger partial charge < -0.3 is 9.64 Å². The first-order chi connectivity index (χ1) is 11.4. The lowest BCUT2D eigenvalue weighted by Gasteiger charge is -2.18. The molecule has 0 unspecified atom stereocenters. The zero-order valence-electron chi connectivity index (χ0n) is 12.8. The van der Waals surface area contributed by atoms with Crippen LogP contribution in [0.3, 0.4) is 0 Å². The minimum atomic E-state index is -2.88. The number of hydrogen-bond donors (Lipinski definition) is 0. The van der Waals surface area contributed by atoms with Gasteiger partial charge in [0, 0.05) is 24.2 Å². The Bertz CT molecular complexity index is 687. The van der Waals surface area contributed by atoms with Crippen molar-refractivity contribution in [1.82, 2.24) is 4.90 Å². The van der Waals surface area contributed by atoms with E-state index in [-0.39, 0.29) is 35.2 Å². The largest absolute Gasteiger partial charge is 0.435 e. The summed E-state index contributed by atoms with van der Waals surface area (Å²) in [5, 5.41) is 0.199. The van der Waals surface area contributed by atoms with Gasteiger partial charge in [-0.15, -0.1) is 0 Å². The van der Waals surface area contributed by atoms with Crippen LogP contribution in [-0.4, -0.2) is 24.5 Å². The number of nitrogens with zero attached hydrogens (tertiary/aromatic N) is 1. The summed E-state index contributed by atoms with van der Waals surface area (Å²) in [5.41, 5.74) is 0.879. The molecular formula is C17H15ClF3NO2. The van der Waals surface area contributed by atoms with Gasteiger partial charge in [-0.1, -0.05) is 29.8 Å². The number of halogens is 4. The number of carbonyl (C=O) groups excluding carboxylic acids is 1. The molecule has 0 N–H and O–H groups in total. The molecule has 3 nitrogen and oxygen atoms in total. The van der Waals surface area contributed by atoms with E-state index in [9.17, 15) is 18.0 Å². The molecule has 1 amide bonds. The fourth-order valence-corrected chi connectivity index (χ4v) is 2.36. The molecule has 7 heteroatoms. The Hall–Kier alpha value is -2.21. The molecule has 128 valence electrons. The number of hydrogen-bond acceptors (Lipinski definition) is 2. The van der Waals surface area contributed by atoms with Crippen molar-refractivity contribution in [2.24, 2.45) is 0 Å². The van der Waals surface area contributed by atoms with Crippen molar-refractivity contribution in [3.8, 4) is 5.75 Å². The van der Waals surface area contributed by atoms with Gasteiger partial charge in [-0.05, 0) is 29.8 Å². The van der Waals surface area contributed by atoms with Crippen molar-refractivity contribution < 1.29 is 22.7 Å². The molecule has 2 aromatic carbocycles. The maximum atomic E-state index is 13.7. The van der Waals surface area contributed by atoms with Crippen LogP contribution in [0.2, 0.25) is 5.02 Å². The second-order valence-corrected chi connectivity index (χ2v) is 5.56. The van der Waals surface area contributed by atoms with Crippen LogP contribution >= 0.6 is 11.6 Å². The van der Waals surface area contributed by atoms with Gasteiger partial charge in [-0.25, -0.2) is 4.39 Å². The molecule has 0 aromatic heterocycles. The Labute approximate surface area is 142 Å². The first-order valence-electron chi connectivity index (χ1n) is 7.07. The van der Waals surface area contributed by atoms with Gasteiger partial charge in [-0.3, -0.25) is 4.79 Å². The van der Waals surface area contributed by atoms with Crippen molar-refractivity contribution in [2.75, 3.05) is 7.05 Å². The molecule has 0 saturated carbocycles. The Kier molecular flexibility index (Phi) is 6.09. The Morgan fingerprint density at radius 3 is 2.46 bits per heavy atom.